The van der Waals surface area contributed by atoms with Crippen LogP contribution in [0.25, 0.3) is 0 Å². The first-order valence-corrected chi connectivity index (χ1v) is 7.53. The molecule has 2 N–H and O–H groups in total. The summed E-state index contributed by atoms with van der Waals surface area (Å²) in [5, 5.41) is 12.5. The first-order chi connectivity index (χ1) is 9.36. The molecule has 2 aromatic rings. The van der Waals surface area contributed by atoms with Gasteiger partial charge in [-0.1, -0.05) is 30.3 Å². The molecule has 2 nitrogen and oxygen atoms in total. The van der Waals surface area contributed by atoms with Crippen LogP contribution in [0.4, 0.5) is 5.69 Å². The van der Waals surface area contributed by atoms with Gasteiger partial charge in [-0.25, -0.2) is 0 Å². The standard InChI is InChI=1S/C16H17NOS/c18-10-9-12-5-7-13(8-6-12)17-15-11-19-16-4-2-1-3-14(15)16/h1-8,15,17-18H,9-11H2. The van der Waals surface area contributed by atoms with Crippen LogP contribution in [0.2, 0.25) is 0 Å². The molecule has 0 fully saturated rings. The van der Waals surface area contributed by atoms with E-state index in [0.717, 1.165) is 17.9 Å². The van der Waals surface area contributed by atoms with Crippen molar-refractivity contribution in [3.8, 4) is 0 Å². The molecule has 0 aromatic heterocycles. The second-order valence-corrected chi connectivity index (χ2v) is 5.78. The Bertz CT molecular complexity index is 553. The van der Waals surface area contributed by atoms with Crippen LogP contribution in [0.15, 0.2) is 53.4 Å². The van der Waals surface area contributed by atoms with Crippen molar-refractivity contribution in [3.63, 3.8) is 0 Å². The van der Waals surface area contributed by atoms with Crippen molar-refractivity contribution >= 4 is 17.4 Å². The number of hydrogen-bond acceptors (Lipinski definition) is 3. The maximum absolute atomic E-state index is 8.91. The van der Waals surface area contributed by atoms with Gasteiger partial charge in [-0.15, -0.1) is 11.8 Å². The van der Waals surface area contributed by atoms with E-state index in [1.807, 2.05) is 11.8 Å². The number of aliphatic hydroxyl groups is 1. The van der Waals surface area contributed by atoms with Crippen LogP contribution < -0.4 is 5.32 Å². The molecule has 19 heavy (non-hydrogen) atoms. The van der Waals surface area contributed by atoms with Gasteiger partial charge in [0.05, 0.1) is 6.04 Å². The maximum Gasteiger partial charge on any atom is 0.0618 e. The van der Waals surface area contributed by atoms with E-state index in [1.54, 1.807) is 0 Å². The minimum absolute atomic E-state index is 0.208. The van der Waals surface area contributed by atoms with Crippen LogP contribution in [-0.2, 0) is 6.42 Å². The predicted molar refractivity (Wildman–Crippen MR) is 80.8 cm³/mol. The van der Waals surface area contributed by atoms with Gasteiger partial charge in [-0.2, -0.15) is 0 Å². The fourth-order valence-electron chi connectivity index (χ4n) is 2.38. The summed E-state index contributed by atoms with van der Waals surface area (Å²) < 4.78 is 0. The highest BCUT2D eigenvalue weighted by Crippen LogP contribution is 2.39. The zero-order valence-electron chi connectivity index (χ0n) is 10.7. The van der Waals surface area contributed by atoms with Gasteiger partial charge >= 0.3 is 0 Å². The first kappa shape index (κ1) is 12.6. The van der Waals surface area contributed by atoms with Crippen molar-refractivity contribution in [2.24, 2.45) is 0 Å². The normalized spacial score (nSPS) is 17.2. The Morgan fingerprint density at radius 2 is 1.89 bits per heavy atom. The Balaban J connectivity index is 1.72. The summed E-state index contributed by atoms with van der Waals surface area (Å²) in [6.45, 7) is 0.208. The maximum atomic E-state index is 8.91. The molecule has 0 saturated heterocycles. The van der Waals surface area contributed by atoms with Crippen LogP contribution >= 0.6 is 11.8 Å². The third kappa shape index (κ3) is 2.77. The van der Waals surface area contributed by atoms with E-state index in [-0.39, 0.29) is 6.61 Å². The molecular weight excluding hydrogens is 254 g/mol. The lowest BCUT2D eigenvalue weighted by atomic mass is 10.1. The quantitative estimate of drug-likeness (QED) is 0.893. The van der Waals surface area contributed by atoms with E-state index in [1.165, 1.54) is 16.0 Å². The van der Waals surface area contributed by atoms with Gasteiger partial charge in [0.15, 0.2) is 0 Å². The minimum Gasteiger partial charge on any atom is -0.396 e. The molecule has 1 aliphatic rings. The third-order valence-electron chi connectivity index (χ3n) is 3.40. The third-order valence-corrected chi connectivity index (χ3v) is 4.58. The Kier molecular flexibility index (Phi) is 3.76. The molecule has 0 aliphatic carbocycles. The molecule has 1 heterocycles. The van der Waals surface area contributed by atoms with Gasteiger partial charge < -0.3 is 10.4 Å². The van der Waals surface area contributed by atoms with Crippen molar-refractivity contribution in [1.29, 1.82) is 0 Å². The molecule has 2 aromatic carbocycles. The predicted octanol–water partition coefficient (Wildman–Crippen LogP) is 3.48. The molecule has 3 heteroatoms. The number of thioether (sulfide) groups is 1. The Morgan fingerprint density at radius 3 is 2.68 bits per heavy atom. The molecule has 0 spiro atoms. The van der Waals surface area contributed by atoms with Crippen molar-refractivity contribution < 1.29 is 5.11 Å². The number of hydrogen-bond donors (Lipinski definition) is 2. The van der Waals surface area contributed by atoms with E-state index < -0.39 is 0 Å². The average Bonchev–Trinajstić information content (AvgIpc) is 2.85. The van der Waals surface area contributed by atoms with E-state index in [4.69, 9.17) is 5.11 Å². The van der Waals surface area contributed by atoms with Gasteiger partial charge in [-0.3, -0.25) is 0 Å². The lowest BCUT2D eigenvalue weighted by Crippen LogP contribution is -2.09. The zero-order valence-corrected chi connectivity index (χ0v) is 11.5. The van der Waals surface area contributed by atoms with E-state index >= 15 is 0 Å². The number of rotatable bonds is 4. The first-order valence-electron chi connectivity index (χ1n) is 6.55. The molecule has 3 rings (SSSR count). The van der Waals surface area contributed by atoms with Crippen LogP contribution in [0.3, 0.4) is 0 Å². The summed E-state index contributed by atoms with van der Waals surface area (Å²) in [7, 11) is 0. The lowest BCUT2D eigenvalue weighted by Gasteiger charge is -2.15. The van der Waals surface area contributed by atoms with Crippen molar-refractivity contribution in [2.75, 3.05) is 17.7 Å². The topological polar surface area (TPSA) is 32.3 Å². The van der Waals surface area contributed by atoms with Crippen LogP contribution in [0.5, 0.6) is 0 Å². The molecule has 0 radical (unpaired) electrons. The SMILES string of the molecule is OCCc1ccc(NC2CSc3ccccc32)cc1. The van der Waals surface area contributed by atoms with E-state index in [9.17, 15) is 0 Å². The van der Waals surface area contributed by atoms with Gasteiger partial charge in [0, 0.05) is 22.9 Å². The van der Waals surface area contributed by atoms with E-state index in [0.29, 0.717) is 6.04 Å². The fraction of sp³-hybridized carbons (Fsp3) is 0.250. The smallest absolute Gasteiger partial charge is 0.0618 e. The highest BCUT2D eigenvalue weighted by molar-refractivity contribution is 7.99. The second kappa shape index (κ2) is 5.68. The molecule has 1 atom stereocenters. The van der Waals surface area contributed by atoms with Gasteiger partial charge in [0.2, 0.25) is 0 Å². The monoisotopic (exact) mass is 271 g/mol. The van der Waals surface area contributed by atoms with Gasteiger partial charge in [0.1, 0.15) is 0 Å². The minimum atomic E-state index is 0.208. The number of nitrogens with one attached hydrogen (secondary N) is 1. The highest BCUT2D eigenvalue weighted by atomic mass is 32.2. The second-order valence-electron chi connectivity index (χ2n) is 4.72. The summed E-state index contributed by atoms with van der Waals surface area (Å²) in [5.41, 5.74) is 3.71. The summed E-state index contributed by atoms with van der Waals surface area (Å²) in [6.07, 6.45) is 0.725. The number of anilines is 1. The van der Waals surface area contributed by atoms with Crippen molar-refractivity contribution in [3.05, 3.63) is 59.7 Å². The summed E-state index contributed by atoms with van der Waals surface area (Å²) in [4.78, 5) is 1.39. The molecular formula is C16H17NOS. The number of aliphatic hydroxyl groups excluding tert-OH is 1. The summed E-state index contributed by atoms with van der Waals surface area (Å²) >= 11 is 1.91. The molecule has 0 saturated carbocycles. The summed E-state index contributed by atoms with van der Waals surface area (Å²) in [6, 6.07) is 17.3. The molecule has 98 valence electrons. The Morgan fingerprint density at radius 1 is 1.11 bits per heavy atom. The molecule has 0 bridgehead atoms. The zero-order chi connectivity index (χ0) is 13.1. The van der Waals surface area contributed by atoms with Crippen molar-refractivity contribution in [2.45, 2.75) is 17.4 Å². The van der Waals surface area contributed by atoms with Crippen LogP contribution in [0, 0.1) is 0 Å². The lowest BCUT2D eigenvalue weighted by molar-refractivity contribution is 0.299. The summed E-state index contributed by atoms with van der Waals surface area (Å²) in [5.74, 6) is 1.08. The van der Waals surface area contributed by atoms with Crippen molar-refractivity contribution in [1.82, 2.24) is 0 Å². The Hall–Kier alpha value is -1.45. The van der Waals surface area contributed by atoms with E-state index in [2.05, 4.69) is 53.8 Å². The Labute approximate surface area is 117 Å². The molecule has 0 amide bonds. The number of benzene rings is 2. The fourth-order valence-corrected chi connectivity index (χ4v) is 3.54. The molecule has 1 aliphatic heterocycles. The van der Waals surface area contributed by atoms with Crippen LogP contribution in [0.1, 0.15) is 17.2 Å². The van der Waals surface area contributed by atoms with Gasteiger partial charge in [-0.05, 0) is 35.7 Å². The molecule has 1 unspecified atom stereocenters. The van der Waals surface area contributed by atoms with Gasteiger partial charge in [0.25, 0.3) is 0 Å². The van der Waals surface area contributed by atoms with Crippen LogP contribution in [-0.4, -0.2) is 17.5 Å². The highest BCUT2D eigenvalue weighted by Gasteiger charge is 2.22. The number of fused-ring (bicyclic) bond motifs is 1. The average molecular weight is 271 g/mol. The largest absolute Gasteiger partial charge is 0.396 e.